The third-order valence-electron chi connectivity index (χ3n) is 6.36. The molecule has 1 fully saturated rings. The first-order chi connectivity index (χ1) is 15.3. The quantitative estimate of drug-likeness (QED) is 0.301. The van der Waals surface area contributed by atoms with E-state index in [-0.39, 0.29) is 24.3 Å². The van der Waals surface area contributed by atoms with Crippen molar-refractivity contribution in [3.8, 4) is 0 Å². The maximum absolute atomic E-state index is 12.4. The lowest BCUT2D eigenvalue weighted by atomic mass is 9.89. The molecule has 7 heteroatoms. The average Bonchev–Trinajstić information content (AvgIpc) is 3.09. The van der Waals surface area contributed by atoms with E-state index in [9.17, 15) is 14.4 Å². The number of ether oxygens (including phenoxy) is 1. The molecular formula is C25H37N3O4. The lowest BCUT2D eigenvalue weighted by Gasteiger charge is -2.30. The lowest BCUT2D eigenvalue weighted by molar-refractivity contribution is -0.120. The number of nitrogens with one attached hydrogen (secondary N) is 1. The first-order valence-corrected chi connectivity index (χ1v) is 11.3. The molecular weight excluding hydrogens is 406 g/mol. The highest BCUT2D eigenvalue weighted by atomic mass is 16.6. The largest absolute Gasteiger partial charge is 0.445 e. The van der Waals surface area contributed by atoms with Gasteiger partial charge in [0.2, 0.25) is 12.8 Å². The Balaban J connectivity index is 1.88. The minimum atomic E-state index is -0.351. The van der Waals surface area contributed by atoms with Crippen LogP contribution in [-0.4, -0.2) is 66.5 Å². The van der Waals surface area contributed by atoms with Gasteiger partial charge in [0, 0.05) is 31.2 Å². The summed E-state index contributed by atoms with van der Waals surface area (Å²) < 4.78 is 5.41. The van der Waals surface area contributed by atoms with E-state index in [0.29, 0.717) is 25.4 Å². The summed E-state index contributed by atoms with van der Waals surface area (Å²) in [6, 6.07) is -0.0461. The van der Waals surface area contributed by atoms with Crippen LogP contribution in [0.3, 0.4) is 0 Å². The standard InChI is InChI=1S/C25H37N3O4/c1-5-7-8-20(6-2)17-32-24(31)27-13-11-22(12-14-27)23(26-18-29)10-9-21-15-25(3,4)28(16-21)19-30/h5-8,11,18-19,21,23H,2,9-10,12-17H2,1,3-4H3,(H,26,29)/b7-5-,20-8+. The van der Waals surface area contributed by atoms with Gasteiger partial charge in [0.1, 0.15) is 6.61 Å². The molecule has 2 aliphatic heterocycles. The van der Waals surface area contributed by atoms with Gasteiger partial charge in [-0.3, -0.25) is 9.59 Å². The van der Waals surface area contributed by atoms with Crippen LogP contribution in [0.1, 0.15) is 46.5 Å². The molecule has 1 saturated heterocycles. The van der Waals surface area contributed by atoms with E-state index in [2.05, 4.69) is 25.7 Å². The Kier molecular flexibility index (Phi) is 9.75. The maximum Gasteiger partial charge on any atom is 0.410 e. The van der Waals surface area contributed by atoms with E-state index in [1.807, 2.05) is 36.1 Å². The molecule has 1 N–H and O–H groups in total. The molecule has 0 bridgehead atoms. The van der Waals surface area contributed by atoms with Gasteiger partial charge >= 0.3 is 6.09 Å². The molecule has 7 nitrogen and oxygen atoms in total. The molecule has 3 amide bonds. The number of hydrogen-bond donors (Lipinski definition) is 1. The number of allylic oxidation sites excluding steroid dienone is 3. The molecule has 0 aromatic heterocycles. The van der Waals surface area contributed by atoms with Gasteiger partial charge in [0.15, 0.2) is 0 Å². The van der Waals surface area contributed by atoms with Crippen molar-refractivity contribution >= 4 is 18.9 Å². The molecule has 176 valence electrons. The van der Waals surface area contributed by atoms with Crippen LogP contribution in [0.15, 0.2) is 48.1 Å². The van der Waals surface area contributed by atoms with Crippen molar-refractivity contribution in [2.45, 2.75) is 58.0 Å². The van der Waals surface area contributed by atoms with Crippen LogP contribution in [0.2, 0.25) is 0 Å². The summed E-state index contributed by atoms with van der Waals surface area (Å²) in [5.41, 5.74) is 1.87. The fraction of sp³-hybridized carbons (Fsp3) is 0.560. The van der Waals surface area contributed by atoms with Crippen LogP contribution in [-0.2, 0) is 14.3 Å². The number of carbonyl (C=O) groups is 3. The SMILES string of the molecule is C=C/C(=C\C=C/C)COC(=O)N1CC=C(C(CCC2CN(C=O)C(C)(C)C2)NC=O)CC1. The second kappa shape index (κ2) is 12.3. The van der Waals surface area contributed by atoms with Crippen molar-refractivity contribution in [3.63, 3.8) is 0 Å². The second-order valence-electron chi connectivity index (χ2n) is 9.06. The number of rotatable bonds is 11. The Morgan fingerprint density at radius 3 is 2.75 bits per heavy atom. The molecule has 0 aliphatic carbocycles. The molecule has 0 radical (unpaired) electrons. The zero-order valence-electron chi connectivity index (χ0n) is 19.6. The van der Waals surface area contributed by atoms with Crippen molar-refractivity contribution in [3.05, 3.63) is 48.1 Å². The van der Waals surface area contributed by atoms with E-state index in [0.717, 1.165) is 49.8 Å². The fourth-order valence-electron chi connectivity index (χ4n) is 4.45. The third-order valence-corrected chi connectivity index (χ3v) is 6.36. The Labute approximate surface area is 191 Å². The Hall–Kier alpha value is -2.83. The summed E-state index contributed by atoms with van der Waals surface area (Å²) in [6.07, 6.45) is 14.1. The Morgan fingerprint density at radius 2 is 2.19 bits per heavy atom. The number of amides is 3. The molecule has 0 spiro atoms. The van der Waals surface area contributed by atoms with Gasteiger partial charge < -0.3 is 19.9 Å². The highest BCUT2D eigenvalue weighted by Gasteiger charge is 2.37. The minimum absolute atomic E-state index is 0.0461. The highest BCUT2D eigenvalue weighted by molar-refractivity contribution is 5.68. The highest BCUT2D eigenvalue weighted by Crippen LogP contribution is 2.34. The zero-order valence-corrected chi connectivity index (χ0v) is 19.6. The summed E-state index contributed by atoms with van der Waals surface area (Å²) in [5, 5.41) is 2.94. The van der Waals surface area contributed by atoms with E-state index in [4.69, 9.17) is 4.74 Å². The van der Waals surface area contributed by atoms with Crippen molar-refractivity contribution in [2.75, 3.05) is 26.2 Å². The van der Waals surface area contributed by atoms with Gasteiger partial charge in [0.05, 0.1) is 0 Å². The van der Waals surface area contributed by atoms with Crippen LogP contribution >= 0.6 is 0 Å². The smallest absolute Gasteiger partial charge is 0.410 e. The topological polar surface area (TPSA) is 79.0 Å². The van der Waals surface area contributed by atoms with Crippen molar-refractivity contribution in [1.82, 2.24) is 15.1 Å². The van der Waals surface area contributed by atoms with E-state index in [1.54, 1.807) is 11.0 Å². The number of carbonyl (C=O) groups excluding carboxylic acids is 3. The predicted octanol–water partition coefficient (Wildman–Crippen LogP) is 3.60. The molecule has 0 saturated carbocycles. The maximum atomic E-state index is 12.4. The normalized spacial score (nSPS) is 21.8. The van der Waals surface area contributed by atoms with Gasteiger partial charge in [-0.1, -0.05) is 37.0 Å². The van der Waals surface area contributed by atoms with Crippen LogP contribution < -0.4 is 5.32 Å². The fourth-order valence-corrected chi connectivity index (χ4v) is 4.45. The number of hydrogen-bond acceptors (Lipinski definition) is 4. The van der Waals surface area contributed by atoms with Crippen molar-refractivity contribution in [2.24, 2.45) is 5.92 Å². The van der Waals surface area contributed by atoms with E-state index in [1.165, 1.54) is 0 Å². The lowest BCUT2D eigenvalue weighted by Crippen LogP contribution is -2.39. The minimum Gasteiger partial charge on any atom is -0.445 e. The van der Waals surface area contributed by atoms with Gasteiger partial charge in [-0.2, -0.15) is 0 Å². The van der Waals surface area contributed by atoms with Gasteiger partial charge in [-0.15, -0.1) is 0 Å². The zero-order chi connectivity index (χ0) is 23.6. The monoisotopic (exact) mass is 443 g/mol. The van der Waals surface area contributed by atoms with Crippen molar-refractivity contribution in [1.29, 1.82) is 0 Å². The molecule has 2 unspecified atom stereocenters. The average molecular weight is 444 g/mol. The van der Waals surface area contributed by atoms with Gasteiger partial charge in [-0.25, -0.2) is 4.79 Å². The van der Waals surface area contributed by atoms with Crippen LogP contribution in [0.25, 0.3) is 0 Å². The molecule has 2 atom stereocenters. The third kappa shape index (κ3) is 7.11. The molecule has 2 heterocycles. The first-order valence-electron chi connectivity index (χ1n) is 11.3. The molecule has 2 aliphatic rings. The van der Waals surface area contributed by atoms with Crippen LogP contribution in [0.5, 0.6) is 0 Å². The van der Waals surface area contributed by atoms with Gasteiger partial charge in [0.25, 0.3) is 0 Å². The Morgan fingerprint density at radius 1 is 1.41 bits per heavy atom. The first kappa shape index (κ1) is 25.4. The second-order valence-corrected chi connectivity index (χ2v) is 9.06. The Bertz CT molecular complexity index is 769. The summed E-state index contributed by atoms with van der Waals surface area (Å²) in [5.74, 6) is 0.427. The number of likely N-dealkylation sites (tertiary alicyclic amines) is 1. The van der Waals surface area contributed by atoms with Crippen molar-refractivity contribution < 1.29 is 19.1 Å². The summed E-state index contributed by atoms with van der Waals surface area (Å²) in [6.45, 7) is 11.8. The summed E-state index contributed by atoms with van der Waals surface area (Å²) >= 11 is 0. The van der Waals surface area contributed by atoms with E-state index >= 15 is 0 Å². The van der Waals surface area contributed by atoms with Gasteiger partial charge in [-0.05, 0) is 63.5 Å². The summed E-state index contributed by atoms with van der Waals surface area (Å²) in [4.78, 5) is 38.4. The molecule has 2 rings (SSSR count). The number of nitrogens with zero attached hydrogens (tertiary/aromatic N) is 2. The summed E-state index contributed by atoms with van der Waals surface area (Å²) in [7, 11) is 0. The van der Waals surface area contributed by atoms with Crippen LogP contribution in [0.4, 0.5) is 4.79 Å². The molecule has 0 aromatic rings. The van der Waals surface area contributed by atoms with E-state index < -0.39 is 0 Å². The van der Waals surface area contributed by atoms with Crippen LogP contribution in [0, 0.1) is 5.92 Å². The molecule has 32 heavy (non-hydrogen) atoms. The predicted molar refractivity (Wildman–Crippen MR) is 126 cm³/mol. The molecule has 0 aromatic carbocycles.